The molecule has 0 heterocycles. The zero-order chi connectivity index (χ0) is 28.3. The van der Waals surface area contributed by atoms with Gasteiger partial charge < -0.3 is 19.7 Å². The number of benzene rings is 3. The van der Waals surface area contributed by atoms with Gasteiger partial charge in [0.05, 0.1) is 7.11 Å². The molecule has 39 heavy (non-hydrogen) atoms. The van der Waals surface area contributed by atoms with Gasteiger partial charge in [0, 0.05) is 19.5 Å². The maximum Gasteiger partial charge on any atom is 0.261 e. The van der Waals surface area contributed by atoms with Crippen molar-refractivity contribution in [3.05, 3.63) is 95.6 Å². The molecule has 0 bridgehead atoms. The van der Waals surface area contributed by atoms with E-state index in [1.807, 2.05) is 78.9 Å². The van der Waals surface area contributed by atoms with Crippen LogP contribution in [-0.4, -0.2) is 43.0 Å². The minimum absolute atomic E-state index is 0.0255. The normalized spacial score (nSPS) is 11.9. The number of carbonyl (C=O) groups is 2. The third-order valence-electron chi connectivity index (χ3n) is 6.67. The van der Waals surface area contributed by atoms with Crippen molar-refractivity contribution >= 4 is 11.8 Å². The fraction of sp³-hybridized carbons (Fsp3) is 0.394. The lowest BCUT2D eigenvalue weighted by atomic mass is 9.87. The predicted octanol–water partition coefficient (Wildman–Crippen LogP) is 5.93. The predicted molar refractivity (Wildman–Crippen MR) is 156 cm³/mol. The number of ether oxygens (including phenoxy) is 2. The first-order chi connectivity index (χ1) is 18.7. The first kappa shape index (κ1) is 29.8. The van der Waals surface area contributed by atoms with Gasteiger partial charge in [-0.3, -0.25) is 9.59 Å². The standard InChI is InChI=1S/C33H42N2O4/c1-6-7-20-34-32(37)30(22-25-12-9-8-10-13-25)35(23-26-14-11-15-29(21-26)38-5)31(36)24-39-28-18-16-27(17-19-28)33(2,3)4/h8-19,21,30H,6-7,20,22-24H2,1-5H3,(H,34,37)/t30-/m1/s1. The number of nitrogens with zero attached hydrogens (tertiary/aromatic N) is 1. The monoisotopic (exact) mass is 530 g/mol. The summed E-state index contributed by atoms with van der Waals surface area (Å²) in [5, 5.41) is 3.04. The second kappa shape index (κ2) is 14.4. The molecule has 1 N–H and O–H groups in total. The number of unbranched alkanes of at least 4 members (excludes halogenated alkanes) is 1. The highest BCUT2D eigenvalue weighted by molar-refractivity contribution is 5.88. The van der Waals surface area contributed by atoms with Crippen molar-refractivity contribution in [2.24, 2.45) is 0 Å². The van der Waals surface area contributed by atoms with Crippen molar-refractivity contribution in [2.45, 2.75) is 65.0 Å². The first-order valence-corrected chi connectivity index (χ1v) is 13.7. The summed E-state index contributed by atoms with van der Waals surface area (Å²) in [7, 11) is 1.61. The lowest BCUT2D eigenvalue weighted by molar-refractivity contribution is -0.142. The summed E-state index contributed by atoms with van der Waals surface area (Å²) in [6.07, 6.45) is 2.24. The molecular weight excluding hydrogens is 488 g/mol. The highest BCUT2D eigenvalue weighted by Gasteiger charge is 2.30. The number of amides is 2. The third kappa shape index (κ3) is 9.17. The van der Waals surface area contributed by atoms with E-state index in [2.05, 4.69) is 33.0 Å². The van der Waals surface area contributed by atoms with Gasteiger partial charge in [-0.15, -0.1) is 0 Å². The molecule has 3 rings (SSSR count). The largest absolute Gasteiger partial charge is 0.497 e. The summed E-state index contributed by atoms with van der Waals surface area (Å²) >= 11 is 0. The summed E-state index contributed by atoms with van der Waals surface area (Å²) in [5.74, 6) is 0.883. The van der Waals surface area contributed by atoms with Gasteiger partial charge >= 0.3 is 0 Å². The highest BCUT2D eigenvalue weighted by Crippen LogP contribution is 2.24. The molecule has 0 saturated carbocycles. The average molecular weight is 531 g/mol. The van der Waals surface area contributed by atoms with Crippen LogP contribution in [-0.2, 0) is 28.0 Å². The van der Waals surface area contributed by atoms with Crippen LogP contribution in [0, 0.1) is 0 Å². The number of hydrogen-bond acceptors (Lipinski definition) is 4. The Kier molecular flexibility index (Phi) is 11.0. The van der Waals surface area contributed by atoms with E-state index in [1.54, 1.807) is 12.0 Å². The molecule has 3 aromatic carbocycles. The maximum atomic E-state index is 13.8. The molecule has 0 spiro atoms. The number of carbonyl (C=O) groups excluding carboxylic acids is 2. The highest BCUT2D eigenvalue weighted by atomic mass is 16.5. The Labute approximate surface area is 233 Å². The molecule has 6 nitrogen and oxygen atoms in total. The quantitative estimate of drug-likeness (QED) is 0.278. The molecular formula is C33H42N2O4. The van der Waals surface area contributed by atoms with E-state index in [9.17, 15) is 9.59 Å². The second-order valence-electron chi connectivity index (χ2n) is 10.8. The third-order valence-corrected chi connectivity index (χ3v) is 6.67. The van der Waals surface area contributed by atoms with E-state index < -0.39 is 6.04 Å². The summed E-state index contributed by atoms with van der Waals surface area (Å²) in [4.78, 5) is 28.9. The van der Waals surface area contributed by atoms with Crippen molar-refractivity contribution in [1.29, 1.82) is 0 Å². The fourth-order valence-corrected chi connectivity index (χ4v) is 4.31. The van der Waals surface area contributed by atoms with Gasteiger partial charge in [-0.2, -0.15) is 0 Å². The van der Waals surface area contributed by atoms with Crippen LogP contribution in [0.5, 0.6) is 11.5 Å². The number of rotatable bonds is 13. The van der Waals surface area contributed by atoms with E-state index in [4.69, 9.17) is 9.47 Å². The van der Waals surface area contributed by atoms with Crippen LogP contribution in [0.1, 0.15) is 57.2 Å². The zero-order valence-corrected chi connectivity index (χ0v) is 23.9. The molecule has 0 aromatic heterocycles. The Balaban J connectivity index is 1.88. The van der Waals surface area contributed by atoms with Crippen LogP contribution in [0.3, 0.4) is 0 Å². The summed E-state index contributed by atoms with van der Waals surface area (Å²) < 4.78 is 11.3. The van der Waals surface area contributed by atoms with E-state index in [1.165, 1.54) is 5.56 Å². The van der Waals surface area contributed by atoms with Crippen molar-refractivity contribution in [1.82, 2.24) is 10.2 Å². The van der Waals surface area contributed by atoms with Crippen LogP contribution in [0.4, 0.5) is 0 Å². The maximum absolute atomic E-state index is 13.8. The van der Waals surface area contributed by atoms with Gasteiger partial charge in [-0.25, -0.2) is 0 Å². The summed E-state index contributed by atoms with van der Waals surface area (Å²) in [6, 6.07) is 24.5. The Morgan fingerprint density at radius 1 is 0.897 bits per heavy atom. The molecule has 0 fully saturated rings. The summed E-state index contributed by atoms with van der Waals surface area (Å²) in [6.45, 7) is 9.19. The zero-order valence-electron chi connectivity index (χ0n) is 23.9. The molecule has 208 valence electrons. The molecule has 6 heteroatoms. The Morgan fingerprint density at radius 3 is 2.23 bits per heavy atom. The lowest BCUT2D eigenvalue weighted by Gasteiger charge is -2.31. The molecule has 0 aliphatic heterocycles. The second-order valence-corrected chi connectivity index (χ2v) is 10.8. The van der Waals surface area contributed by atoms with Gasteiger partial charge in [0.2, 0.25) is 5.91 Å². The summed E-state index contributed by atoms with van der Waals surface area (Å²) in [5.41, 5.74) is 3.07. The molecule has 0 aliphatic rings. The van der Waals surface area contributed by atoms with E-state index in [0.717, 1.165) is 24.0 Å². The molecule has 2 amide bonds. The molecule has 1 atom stereocenters. The van der Waals surface area contributed by atoms with Gasteiger partial charge in [0.25, 0.3) is 5.91 Å². The molecule has 3 aromatic rings. The van der Waals surface area contributed by atoms with E-state index in [-0.39, 0.29) is 30.4 Å². The smallest absolute Gasteiger partial charge is 0.261 e. The van der Waals surface area contributed by atoms with Crippen molar-refractivity contribution in [2.75, 3.05) is 20.3 Å². The number of hydrogen-bond donors (Lipinski definition) is 1. The van der Waals surface area contributed by atoms with Gasteiger partial charge in [-0.05, 0) is 52.8 Å². The minimum atomic E-state index is -0.699. The van der Waals surface area contributed by atoms with Crippen LogP contribution in [0.25, 0.3) is 0 Å². The van der Waals surface area contributed by atoms with Crippen LogP contribution >= 0.6 is 0 Å². The Morgan fingerprint density at radius 2 is 1.59 bits per heavy atom. The molecule has 0 aliphatic carbocycles. The average Bonchev–Trinajstić information content (AvgIpc) is 2.94. The number of nitrogens with one attached hydrogen (secondary N) is 1. The number of methoxy groups -OCH3 is 1. The lowest BCUT2D eigenvalue weighted by Crippen LogP contribution is -2.51. The van der Waals surface area contributed by atoms with Crippen LogP contribution in [0.2, 0.25) is 0 Å². The van der Waals surface area contributed by atoms with E-state index in [0.29, 0.717) is 24.5 Å². The van der Waals surface area contributed by atoms with Gasteiger partial charge in [0.15, 0.2) is 6.61 Å². The molecule has 0 saturated heterocycles. The Hall–Kier alpha value is -3.80. The molecule has 0 radical (unpaired) electrons. The molecule has 0 unspecified atom stereocenters. The minimum Gasteiger partial charge on any atom is -0.497 e. The topological polar surface area (TPSA) is 67.9 Å². The van der Waals surface area contributed by atoms with Crippen molar-refractivity contribution < 1.29 is 19.1 Å². The van der Waals surface area contributed by atoms with Crippen molar-refractivity contribution in [3.63, 3.8) is 0 Å². The Bertz CT molecular complexity index is 1190. The fourth-order valence-electron chi connectivity index (χ4n) is 4.31. The first-order valence-electron chi connectivity index (χ1n) is 13.7. The van der Waals surface area contributed by atoms with Crippen LogP contribution < -0.4 is 14.8 Å². The van der Waals surface area contributed by atoms with Gasteiger partial charge in [-0.1, -0.05) is 88.7 Å². The van der Waals surface area contributed by atoms with E-state index >= 15 is 0 Å². The van der Waals surface area contributed by atoms with Gasteiger partial charge in [0.1, 0.15) is 17.5 Å². The SMILES string of the molecule is CCCCNC(=O)[C@@H](Cc1ccccc1)N(Cc1cccc(OC)c1)C(=O)COc1ccc(C(C)(C)C)cc1. The van der Waals surface area contributed by atoms with Crippen LogP contribution in [0.15, 0.2) is 78.9 Å². The van der Waals surface area contributed by atoms with Crippen molar-refractivity contribution in [3.8, 4) is 11.5 Å².